The van der Waals surface area contributed by atoms with Crippen molar-refractivity contribution in [2.75, 3.05) is 7.11 Å². The van der Waals surface area contributed by atoms with Crippen molar-refractivity contribution in [2.45, 2.75) is 0 Å². The molecule has 0 spiro atoms. The Balaban J connectivity index is 1.60. The fraction of sp³-hybridized carbons (Fsp3) is 0.0435. The quantitative estimate of drug-likeness (QED) is 0.260. The Bertz CT molecular complexity index is 1200. The molecule has 0 atom stereocenters. The number of esters is 1. The maximum absolute atomic E-state index is 12.7. The van der Waals surface area contributed by atoms with Crippen LogP contribution in [0.5, 0.6) is 17.2 Å². The summed E-state index contributed by atoms with van der Waals surface area (Å²) < 4.78 is 17.3. The molecule has 30 heavy (non-hydrogen) atoms. The molecule has 0 N–H and O–H groups in total. The average molecular weight is 486 g/mol. The summed E-state index contributed by atoms with van der Waals surface area (Å²) in [4.78, 5) is 25.1. The van der Waals surface area contributed by atoms with E-state index >= 15 is 0 Å². The number of allylic oxidation sites excluding steroid dienone is 1. The molecule has 0 bridgehead atoms. The number of carbonyl (C=O) groups excluding carboxylic acids is 2. The third kappa shape index (κ3) is 3.97. The van der Waals surface area contributed by atoms with Gasteiger partial charge in [0.2, 0.25) is 5.78 Å². The van der Waals surface area contributed by atoms with Gasteiger partial charge in [0.15, 0.2) is 5.76 Å². The van der Waals surface area contributed by atoms with Crippen LogP contribution in [-0.4, -0.2) is 18.9 Å². The Labute approximate surface area is 186 Å². The summed E-state index contributed by atoms with van der Waals surface area (Å²) in [6.45, 7) is 0. The Morgan fingerprint density at radius 1 is 1.10 bits per heavy atom. The fourth-order valence-corrected chi connectivity index (χ4v) is 3.57. The molecule has 0 saturated carbocycles. The smallest absolute Gasteiger partial charge is 0.345 e. The lowest BCUT2D eigenvalue weighted by Crippen LogP contribution is -2.09. The Hall–Kier alpha value is -3.09. The predicted molar refractivity (Wildman–Crippen MR) is 116 cm³/mol. The SMILES string of the molecule is COc1ccc(Br)cc1C=C1Oc2cc(OC(=O)c3ccccc3Cl)ccc2C1=O. The number of ether oxygens (including phenoxy) is 3. The first-order valence-corrected chi connectivity index (χ1v) is 10.0. The highest BCUT2D eigenvalue weighted by Gasteiger charge is 2.28. The number of methoxy groups -OCH3 is 1. The molecule has 3 aromatic rings. The molecule has 0 amide bonds. The van der Waals surface area contributed by atoms with E-state index in [2.05, 4.69) is 15.9 Å². The third-order valence-corrected chi connectivity index (χ3v) is 5.25. The van der Waals surface area contributed by atoms with E-state index in [1.165, 1.54) is 12.1 Å². The van der Waals surface area contributed by atoms with Crippen molar-refractivity contribution in [3.63, 3.8) is 0 Å². The summed E-state index contributed by atoms with van der Waals surface area (Å²) in [6, 6.07) is 16.6. The summed E-state index contributed by atoms with van der Waals surface area (Å²) in [7, 11) is 1.55. The Morgan fingerprint density at radius 3 is 2.67 bits per heavy atom. The first-order valence-electron chi connectivity index (χ1n) is 8.85. The second-order valence-electron chi connectivity index (χ2n) is 6.35. The van der Waals surface area contributed by atoms with E-state index in [1.807, 2.05) is 12.1 Å². The predicted octanol–water partition coefficient (Wildman–Crippen LogP) is 5.95. The summed E-state index contributed by atoms with van der Waals surface area (Å²) in [6.07, 6.45) is 1.61. The highest BCUT2D eigenvalue weighted by atomic mass is 79.9. The first-order chi connectivity index (χ1) is 14.5. The topological polar surface area (TPSA) is 61.8 Å². The number of hydrogen-bond donors (Lipinski definition) is 0. The first kappa shape index (κ1) is 20.2. The van der Waals surface area contributed by atoms with Crippen LogP contribution >= 0.6 is 27.5 Å². The zero-order valence-electron chi connectivity index (χ0n) is 15.6. The van der Waals surface area contributed by atoms with Crippen molar-refractivity contribution in [1.82, 2.24) is 0 Å². The molecule has 150 valence electrons. The van der Waals surface area contributed by atoms with E-state index in [4.69, 9.17) is 25.8 Å². The fourth-order valence-electron chi connectivity index (χ4n) is 2.98. The van der Waals surface area contributed by atoms with Gasteiger partial charge >= 0.3 is 5.97 Å². The largest absolute Gasteiger partial charge is 0.496 e. The normalized spacial score (nSPS) is 13.7. The van der Waals surface area contributed by atoms with Crippen LogP contribution in [-0.2, 0) is 0 Å². The van der Waals surface area contributed by atoms with Crippen molar-refractivity contribution in [2.24, 2.45) is 0 Å². The van der Waals surface area contributed by atoms with Crippen LogP contribution in [0.1, 0.15) is 26.3 Å². The highest BCUT2D eigenvalue weighted by Crippen LogP contribution is 2.36. The number of Topliss-reactive ketones (excluding diaryl/α,β-unsaturated/α-hetero) is 1. The molecule has 4 rings (SSSR count). The van der Waals surface area contributed by atoms with E-state index in [1.54, 1.807) is 49.6 Å². The van der Waals surface area contributed by atoms with Crippen LogP contribution in [0.2, 0.25) is 5.02 Å². The van der Waals surface area contributed by atoms with Crippen molar-refractivity contribution < 1.29 is 23.8 Å². The van der Waals surface area contributed by atoms with Gasteiger partial charge in [-0.3, -0.25) is 4.79 Å². The lowest BCUT2D eigenvalue weighted by atomic mass is 10.1. The van der Waals surface area contributed by atoms with Crippen LogP contribution < -0.4 is 14.2 Å². The van der Waals surface area contributed by atoms with Crippen molar-refractivity contribution >= 4 is 45.4 Å². The van der Waals surface area contributed by atoms with Gasteiger partial charge in [-0.1, -0.05) is 39.7 Å². The van der Waals surface area contributed by atoms with Gasteiger partial charge in [0.1, 0.15) is 17.2 Å². The van der Waals surface area contributed by atoms with Gasteiger partial charge in [-0.2, -0.15) is 0 Å². The van der Waals surface area contributed by atoms with Gasteiger partial charge in [-0.05, 0) is 48.5 Å². The zero-order chi connectivity index (χ0) is 21.3. The summed E-state index contributed by atoms with van der Waals surface area (Å²) in [5, 5.41) is 0.295. The maximum atomic E-state index is 12.7. The molecule has 1 aliphatic rings. The van der Waals surface area contributed by atoms with Gasteiger partial charge in [0.25, 0.3) is 0 Å². The number of rotatable bonds is 4. The van der Waals surface area contributed by atoms with Gasteiger partial charge < -0.3 is 14.2 Å². The molecule has 3 aromatic carbocycles. The molecule has 5 nitrogen and oxygen atoms in total. The minimum atomic E-state index is -0.598. The van der Waals surface area contributed by atoms with Crippen LogP contribution in [0, 0.1) is 0 Å². The van der Waals surface area contributed by atoms with Crippen LogP contribution in [0.3, 0.4) is 0 Å². The standard InChI is InChI=1S/C23H14BrClO5/c1-28-19-9-6-14(24)10-13(19)11-21-22(26)17-8-7-15(12-20(17)30-21)29-23(27)16-4-2-3-5-18(16)25/h2-12H,1H3. The molecule has 1 heterocycles. The number of carbonyl (C=O) groups is 2. The van der Waals surface area contributed by atoms with Gasteiger partial charge in [0, 0.05) is 16.1 Å². The van der Waals surface area contributed by atoms with E-state index in [0.717, 1.165) is 4.47 Å². The minimum Gasteiger partial charge on any atom is -0.496 e. The number of benzene rings is 3. The van der Waals surface area contributed by atoms with Crippen LogP contribution in [0.25, 0.3) is 6.08 Å². The highest BCUT2D eigenvalue weighted by molar-refractivity contribution is 9.10. The molecule has 0 saturated heterocycles. The van der Waals surface area contributed by atoms with Crippen molar-refractivity contribution in [3.05, 3.63) is 92.6 Å². The zero-order valence-corrected chi connectivity index (χ0v) is 18.0. The average Bonchev–Trinajstić information content (AvgIpc) is 3.03. The van der Waals surface area contributed by atoms with E-state index in [-0.39, 0.29) is 22.9 Å². The number of halogens is 2. The maximum Gasteiger partial charge on any atom is 0.345 e. The lowest BCUT2D eigenvalue weighted by Gasteiger charge is -2.07. The lowest BCUT2D eigenvalue weighted by molar-refractivity contribution is 0.0734. The molecule has 7 heteroatoms. The van der Waals surface area contributed by atoms with Gasteiger partial charge in [0.05, 0.1) is 23.3 Å². The van der Waals surface area contributed by atoms with Crippen molar-refractivity contribution in [3.8, 4) is 17.2 Å². The number of fused-ring (bicyclic) bond motifs is 1. The van der Waals surface area contributed by atoms with E-state index in [0.29, 0.717) is 27.6 Å². The third-order valence-electron chi connectivity index (χ3n) is 4.42. The molecular weight excluding hydrogens is 472 g/mol. The van der Waals surface area contributed by atoms with Gasteiger partial charge in [-0.25, -0.2) is 4.79 Å². The summed E-state index contributed by atoms with van der Waals surface area (Å²) >= 11 is 9.45. The van der Waals surface area contributed by atoms with Crippen LogP contribution in [0.15, 0.2) is 70.9 Å². The van der Waals surface area contributed by atoms with Crippen LogP contribution in [0.4, 0.5) is 0 Å². The molecule has 0 radical (unpaired) electrons. The number of ketones is 1. The van der Waals surface area contributed by atoms with E-state index in [9.17, 15) is 9.59 Å². The van der Waals surface area contributed by atoms with E-state index < -0.39 is 5.97 Å². The summed E-state index contributed by atoms with van der Waals surface area (Å²) in [5.74, 6) is 0.441. The molecular formula is C23H14BrClO5. The van der Waals surface area contributed by atoms with Crippen molar-refractivity contribution in [1.29, 1.82) is 0 Å². The molecule has 0 aliphatic carbocycles. The van der Waals surface area contributed by atoms with Gasteiger partial charge in [-0.15, -0.1) is 0 Å². The molecule has 0 aromatic heterocycles. The Kier molecular flexibility index (Phi) is 5.61. The number of hydrogen-bond acceptors (Lipinski definition) is 5. The second kappa shape index (κ2) is 8.34. The molecule has 0 unspecified atom stereocenters. The second-order valence-corrected chi connectivity index (χ2v) is 7.68. The minimum absolute atomic E-state index is 0.149. The monoisotopic (exact) mass is 484 g/mol. The summed E-state index contributed by atoms with van der Waals surface area (Å²) in [5.41, 5.74) is 1.32. The molecule has 1 aliphatic heterocycles. The Morgan fingerprint density at radius 2 is 1.90 bits per heavy atom. The molecule has 0 fully saturated rings.